The number of hydrogen-bond donors (Lipinski definition) is 3. The lowest BCUT2D eigenvalue weighted by Gasteiger charge is -2.12. The Kier molecular flexibility index (Phi) is 7.82. The minimum Gasteiger partial charge on any atom is -0.399 e. The molecule has 0 atom stereocenters. The van der Waals surface area contributed by atoms with Crippen molar-refractivity contribution in [2.24, 2.45) is 5.14 Å². The average molecular weight is 579 g/mol. The van der Waals surface area contributed by atoms with E-state index >= 15 is 0 Å². The smallest absolute Gasteiger partial charge is 0.238 e. The molecule has 0 saturated heterocycles. The second kappa shape index (κ2) is 11.0. The number of benzene rings is 3. The van der Waals surface area contributed by atoms with Gasteiger partial charge < -0.3 is 11.1 Å². The van der Waals surface area contributed by atoms with Crippen molar-refractivity contribution in [3.63, 3.8) is 0 Å². The molecule has 4 rings (SSSR count). The quantitative estimate of drug-likeness (QED) is 0.209. The molecule has 0 unspecified atom stereocenters. The van der Waals surface area contributed by atoms with Crippen molar-refractivity contribution < 1.29 is 18.0 Å². The Labute approximate surface area is 222 Å². The van der Waals surface area contributed by atoms with E-state index in [0.29, 0.717) is 39.3 Å². The number of hydrogen-bond acceptors (Lipinski definition) is 6. The first-order chi connectivity index (χ1) is 17.6. The van der Waals surface area contributed by atoms with E-state index < -0.39 is 10.0 Å². The molecule has 37 heavy (non-hydrogen) atoms. The van der Waals surface area contributed by atoms with Crippen molar-refractivity contribution >= 4 is 49.1 Å². The van der Waals surface area contributed by atoms with Gasteiger partial charge in [-0.2, -0.15) is 0 Å². The van der Waals surface area contributed by atoms with Crippen LogP contribution in [0, 0.1) is 0 Å². The minimum absolute atomic E-state index is 0.00935. The van der Waals surface area contributed by atoms with E-state index in [1.54, 1.807) is 79.0 Å². The molecule has 0 aliphatic heterocycles. The Morgan fingerprint density at radius 3 is 2.30 bits per heavy atom. The van der Waals surface area contributed by atoms with Gasteiger partial charge >= 0.3 is 0 Å². The van der Waals surface area contributed by atoms with Crippen LogP contribution in [0.2, 0.25) is 0 Å². The van der Waals surface area contributed by atoms with Crippen molar-refractivity contribution in [2.45, 2.75) is 17.7 Å². The van der Waals surface area contributed by atoms with Gasteiger partial charge in [0.1, 0.15) is 5.82 Å². The standard InChI is InChI=1S/C27H23BrN4O4S/c28-21-10-12-26(31-16-21)32-27(34)15-19-9-11-22(29)13-20(19)14-24(33)18-7-5-17(6-8-18)23-3-1-2-4-25(23)37(30,35)36/h1-13,16H,14-15,29H2,(H2,30,35,36)(H,31,32,34). The van der Waals surface area contributed by atoms with Crippen molar-refractivity contribution in [3.05, 3.63) is 106 Å². The monoisotopic (exact) mass is 578 g/mol. The Bertz CT molecular complexity index is 1570. The Hall–Kier alpha value is -3.86. The molecule has 0 saturated carbocycles. The van der Waals surface area contributed by atoms with Gasteiger partial charge in [0, 0.05) is 33.9 Å². The molecule has 0 radical (unpaired) electrons. The number of carbonyl (C=O) groups excluding carboxylic acids is 2. The van der Waals surface area contributed by atoms with Crippen molar-refractivity contribution in [3.8, 4) is 11.1 Å². The van der Waals surface area contributed by atoms with Gasteiger partial charge in [-0.1, -0.05) is 48.5 Å². The molecule has 1 amide bonds. The summed E-state index contributed by atoms with van der Waals surface area (Å²) in [5.74, 6) is -0.0235. The molecule has 1 aromatic heterocycles. The molecule has 0 aliphatic carbocycles. The third-order valence-electron chi connectivity index (χ3n) is 5.64. The number of nitrogens with one attached hydrogen (secondary N) is 1. The zero-order valence-corrected chi connectivity index (χ0v) is 21.9. The summed E-state index contributed by atoms with van der Waals surface area (Å²) >= 11 is 3.30. The third kappa shape index (κ3) is 6.67. The second-order valence-corrected chi connectivity index (χ2v) is 10.8. The number of sulfonamides is 1. The highest BCUT2D eigenvalue weighted by atomic mass is 79.9. The van der Waals surface area contributed by atoms with Crippen LogP contribution in [-0.4, -0.2) is 25.1 Å². The maximum Gasteiger partial charge on any atom is 0.238 e. The van der Waals surface area contributed by atoms with Gasteiger partial charge in [-0.05, 0) is 63.0 Å². The van der Waals surface area contributed by atoms with Crippen LogP contribution in [0.3, 0.4) is 0 Å². The summed E-state index contributed by atoms with van der Waals surface area (Å²) in [6.07, 6.45) is 1.67. The third-order valence-corrected chi connectivity index (χ3v) is 7.08. The van der Waals surface area contributed by atoms with Crippen LogP contribution in [-0.2, 0) is 27.7 Å². The van der Waals surface area contributed by atoms with Crippen LogP contribution in [0.4, 0.5) is 11.5 Å². The second-order valence-electron chi connectivity index (χ2n) is 8.33. The Balaban J connectivity index is 1.51. The zero-order valence-electron chi connectivity index (χ0n) is 19.5. The highest BCUT2D eigenvalue weighted by Gasteiger charge is 2.17. The largest absolute Gasteiger partial charge is 0.399 e. The molecule has 8 nitrogen and oxygen atoms in total. The number of pyridine rings is 1. The normalized spacial score (nSPS) is 11.2. The molecule has 0 bridgehead atoms. The summed E-state index contributed by atoms with van der Waals surface area (Å²) < 4.78 is 24.7. The van der Waals surface area contributed by atoms with Crippen molar-refractivity contribution in [1.29, 1.82) is 0 Å². The average Bonchev–Trinajstić information content (AvgIpc) is 2.86. The first kappa shape index (κ1) is 26.2. The van der Waals surface area contributed by atoms with Gasteiger partial charge in [0.2, 0.25) is 15.9 Å². The topological polar surface area (TPSA) is 145 Å². The lowest BCUT2D eigenvalue weighted by molar-refractivity contribution is -0.115. The number of amides is 1. The number of nitrogen functional groups attached to an aromatic ring is 1. The van der Waals surface area contributed by atoms with Crippen LogP contribution in [0.1, 0.15) is 21.5 Å². The molecule has 10 heteroatoms. The molecule has 5 N–H and O–H groups in total. The number of carbonyl (C=O) groups is 2. The summed E-state index contributed by atoms with van der Waals surface area (Å²) in [5.41, 5.74) is 9.27. The number of rotatable bonds is 8. The van der Waals surface area contributed by atoms with E-state index in [-0.39, 0.29) is 29.4 Å². The lowest BCUT2D eigenvalue weighted by atomic mass is 9.95. The van der Waals surface area contributed by atoms with Crippen LogP contribution < -0.4 is 16.2 Å². The predicted octanol–water partition coefficient (Wildman–Crippen LogP) is 4.35. The molecule has 1 heterocycles. The van der Waals surface area contributed by atoms with Crippen LogP contribution >= 0.6 is 15.9 Å². The number of nitrogens with zero attached hydrogens (tertiary/aromatic N) is 1. The van der Waals surface area contributed by atoms with Gasteiger partial charge in [-0.15, -0.1) is 0 Å². The highest BCUT2D eigenvalue weighted by Crippen LogP contribution is 2.27. The fourth-order valence-corrected chi connectivity index (χ4v) is 4.85. The highest BCUT2D eigenvalue weighted by molar-refractivity contribution is 9.10. The number of Topliss-reactive ketones (excluding diaryl/α,β-unsaturated/α-hetero) is 1. The van der Waals surface area contributed by atoms with E-state index in [9.17, 15) is 18.0 Å². The van der Waals surface area contributed by atoms with Gasteiger partial charge in [-0.25, -0.2) is 18.5 Å². The number of primary sulfonamides is 1. The molecule has 0 aliphatic rings. The van der Waals surface area contributed by atoms with Crippen LogP contribution in [0.5, 0.6) is 0 Å². The number of anilines is 2. The Morgan fingerprint density at radius 2 is 1.62 bits per heavy atom. The van der Waals surface area contributed by atoms with E-state index in [2.05, 4.69) is 26.2 Å². The minimum atomic E-state index is -3.91. The van der Waals surface area contributed by atoms with Gasteiger partial charge in [0.25, 0.3) is 0 Å². The van der Waals surface area contributed by atoms with Crippen molar-refractivity contribution in [2.75, 3.05) is 11.1 Å². The summed E-state index contributed by atoms with van der Waals surface area (Å²) in [4.78, 5) is 29.8. The summed E-state index contributed by atoms with van der Waals surface area (Å²) in [6, 6.07) is 21.6. The number of nitrogens with two attached hydrogens (primary N) is 2. The molecule has 188 valence electrons. The van der Waals surface area contributed by atoms with Crippen LogP contribution in [0.25, 0.3) is 11.1 Å². The van der Waals surface area contributed by atoms with E-state index in [1.807, 2.05) is 0 Å². The zero-order chi connectivity index (χ0) is 26.6. The maximum absolute atomic E-state index is 13.1. The predicted molar refractivity (Wildman–Crippen MR) is 146 cm³/mol. The molecule has 3 aromatic carbocycles. The first-order valence-corrected chi connectivity index (χ1v) is 13.5. The fourth-order valence-electron chi connectivity index (χ4n) is 3.86. The molecular weight excluding hydrogens is 556 g/mol. The lowest BCUT2D eigenvalue weighted by Crippen LogP contribution is -2.17. The van der Waals surface area contributed by atoms with E-state index in [4.69, 9.17) is 10.9 Å². The number of aromatic nitrogens is 1. The van der Waals surface area contributed by atoms with E-state index in [0.717, 1.165) is 4.47 Å². The number of halogens is 1. The van der Waals surface area contributed by atoms with Gasteiger partial charge in [0.05, 0.1) is 11.3 Å². The van der Waals surface area contributed by atoms with Crippen molar-refractivity contribution in [1.82, 2.24) is 4.98 Å². The van der Waals surface area contributed by atoms with Gasteiger partial charge in [0.15, 0.2) is 5.78 Å². The SMILES string of the molecule is Nc1ccc(CC(=O)Nc2ccc(Br)cn2)c(CC(=O)c2ccc(-c3ccccc3S(N)(=O)=O)cc2)c1. The molecule has 0 spiro atoms. The Morgan fingerprint density at radius 1 is 0.892 bits per heavy atom. The summed E-state index contributed by atoms with van der Waals surface area (Å²) in [5, 5.41) is 8.09. The molecule has 0 fully saturated rings. The maximum atomic E-state index is 13.1. The molecule has 4 aromatic rings. The fraction of sp³-hybridized carbons (Fsp3) is 0.0741. The first-order valence-electron chi connectivity index (χ1n) is 11.1. The van der Waals surface area contributed by atoms with Gasteiger partial charge in [-0.3, -0.25) is 9.59 Å². The molecular formula is C27H23BrN4O4S. The number of ketones is 1. The summed E-state index contributed by atoms with van der Waals surface area (Å²) in [7, 11) is -3.91. The van der Waals surface area contributed by atoms with E-state index in [1.165, 1.54) is 6.07 Å². The summed E-state index contributed by atoms with van der Waals surface area (Å²) in [6.45, 7) is 0. The van der Waals surface area contributed by atoms with Crippen LogP contribution in [0.15, 0.2) is 94.4 Å².